The van der Waals surface area contributed by atoms with Gasteiger partial charge in [-0.3, -0.25) is 4.79 Å². The van der Waals surface area contributed by atoms with E-state index in [1.165, 1.54) is 0 Å². The van der Waals surface area contributed by atoms with Crippen LogP contribution in [0.15, 0.2) is 72.8 Å². The number of esters is 1. The average Bonchev–Trinajstić information content (AvgIpc) is 2.74. The summed E-state index contributed by atoms with van der Waals surface area (Å²) in [5.41, 5.74) is -0.145. The van der Waals surface area contributed by atoms with Crippen molar-refractivity contribution in [1.82, 2.24) is 0 Å². The van der Waals surface area contributed by atoms with E-state index in [1.807, 2.05) is 0 Å². The molecular weight excluding hydrogens is 392 g/mol. The Hall–Kier alpha value is -3.74. The fraction of sp³-hybridized carbons (Fsp3) is 0.130. The van der Waals surface area contributed by atoms with E-state index in [4.69, 9.17) is 9.47 Å². The molecular formula is C23H19F2NO4. The monoisotopic (exact) mass is 411 g/mol. The van der Waals surface area contributed by atoms with E-state index in [0.29, 0.717) is 23.6 Å². The van der Waals surface area contributed by atoms with E-state index in [-0.39, 0.29) is 0 Å². The molecule has 0 aromatic heterocycles. The second-order valence-corrected chi connectivity index (χ2v) is 6.21. The van der Waals surface area contributed by atoms with Gasteiger partial charge in [0.2, 0.25) is 6.10 Å². The van der Waals surface area contributed by atoms with Gasteiger partial charge in [-0.25, -0.2) is 13.6 Å². The molecule has 0 aliphatic rings. The zero-order valence-electron chi connectivity index (χ0n) is 16.1. The van der Waals surface area contributed by atoms with Crippen LogP contribution in [0.5, 0.6) is 5.75 Å². The van der Waals surface area contributed by atoms with Crippen molar-refractivity contribution in [3.8, 4) is 5.75 Å². The fourth-order valence-electron chi connectivity index (χ4n) is 2.81. The van der Waals surface area contributed by atoms with Crippen molar-refractivity contribution in [2.45, 2.75) is 13.0 Å². The predicted molar refractivity (Wildman–Crippen MR) is 107 cm³/mol. The maximum Gasteiger partial charge on any atom is 0.345 e. The molecule has 0 radical (unpaired) electrons. The molecule has 3 aromatic rings. The van der Waals surface area contributed by atoms with Gasteiger partial charge in [-0.05, 0) is 31.2 Å². The molecule has 0 saturated carbocycles. The third kappa shape index (κ3) is 4.81. The van der Waals surface area contributed by atoms with Crippen molar-refractivity contribution in [1.29, 1.82) is 0 Å². The summed E-state index contributed by atoms with van der Waals surface area (Å²) in [4.78, 5) is 25.5. The lowest BCUT2D eigenvalue weighted by Crippen LogP contribution is -2.26. The molecule has 1 atom stereocenters. The highest BCUT2D eigenvalue weighted by molar-refractivity contribution is 5.99. The second kappa shape index (κ2) is 9.65. The van der Waals surface area contributed by atoms with Gasteiger partial charge in [-0.15, -0.1) is 0 Å². The molecule has 0 unspecified atom stereocenters. The SMILES string of the molecule is CCOc1ccccc1NC(=O)[C@@H](OC(=O)c1c(F)cccc1F)c1ccccc1. The number of halogens is 2. The zero-order valence-corrected chi connectivity index (χ0v) is 16.1. The molecule has 3 aromatic carbocycles. The summed E-state index contributed by atoms with van der Waals surface area (Å²) in [7, 11) is 0. The molecule has 0 bridgehead atoms. The summed E-state index contributed by atoms with van der Waals surface area (Å²) in [5.74, 6) is -3.69. The molecule has 0 heterocycles. The molecule has 0 saturated heterocycles. The number of nitrogens with one attached hydrogen (secondary N) is 1. The third-order valence-corrected chi connectivity index (χ3v) is 4.18. The standard InChI is InChI=1S/C23H19F2NO4/c1-2-29-19-14-7-6-13-18(19)26-22(27)21(15-9-4-3-5-10-15)30-23(28)20-16(24)11-8-12-17(20)25/h3-14,21H,2H2,1H3,(H,26,27)/t21-/m0/s1. The van der Waals surface area contributed by atoms with E-state index in [1.54, 1.807) is 61.5 Å². The molecule has 7 heteroatoms. The number of amides is 1. The smallest absolute Gasteiger partial charge is 0.345 e. The fourth-order valence-corrected chi connectivity index (χ4v) is 2.81. The van der Waals surface area contributed by atoms with Crippen molar-refractivity contribution in [2.75, 3.05) is 11.9 Å². The maximum atomic E-state index is 14.0. The van der Waals surface area contributed by atoms with Crippen molar-refractivity contribution in [3.05, 3.63) is 95.6 Å². The van der Waals surface area contributed by atoms with Gasteiger partial charge in [0, 0.05) is 5.56 Å². The summed E-state index contributed by atoms with van der Waals surface area (Å²) in [6.07, 6.45) is -1.44. The van der Waals surface area contributed by atoms with E-state index in [9.17, 15) is 18.4 Å². The number of para-hydroxylation sites is 2. The van der Waals surface area contributed by atoms with Gasteiger partial charge in [0.05, 0.1) is 12.3 Å². The lowest BCUT2D eigenvalue weighted by Gasteiger charge is -2.19. The Balaban J connectivity index is 1.90. The Bertz CT molecular complexity index is 1020. The van der Waals surface area contributed by atoms with E-state index < -0.39 is 35.2 Å². The lowest BCUT2D eigenvalue weighted by atomic mass is 10.1. The van der Waals surface area contributed by atoms with Gasteiger partial charge >= 0.3 is 5.97 Å². The van der Waals surface area contributed by atoms with Crippen LogP contribution < -0.4 is 10.1 Å². The number of anilines is 1. The van der Waals surface area contributed by atoms with Crippen LogP contribution >= 0.6 is 0 Å². The van der Waals surface area contributed by atoms with Crippen molar-refractivity contribution in [3.63, 3.8) is 0 Å². The minimum Gasteiger partial charge on any atom is -0.492 e. The van der Waals surface area contributed by atoms with Crippen molar-refractivity contribution in [2.24, 2.45) is 0 Å². The van der Waals surface area contributed by atoms with Crippen molar-refractivity contribution >= 4 is 17.6 Å². The number of hydrogen-bond acceptors (Lipinski definition) is 4. The van der Waals surface area contributed by atoms with E-state index in [0.717, 1.165) is 18.2 Å². The number of carbonyl (C=O) groups excluding carboxylic acids is 2. The molecule has 1 amide bonds. The highest BCUT2D eigenvalue weighted by Gasteiger charge is 2.29. The Kier molecular flexibility index (Phi) is 6.75. The minimum absolute atomic E-state index is 0.342. The van der Waals surface area contributed by atoms with Crippen LogP contribution in [0.2, 0.25) is 0 Å². The van der Waals surface area contributed by atoms with Gasteiger partial charge in [0.15, 0.2) is 0 Å². The van der Waals surface area contributed by atoms with Crippen LogP contribution in [-0.2, 0) is 9.53 Å². The Morgan fingerprint density at radius 3 is 2.20 bits per heavy atom. The Labute approximate surface area is 172 Å². The van der Waals surface area contributed by atoms with E-state index >= 15 is 0 Å². The quantitative estimate of drug-likeness (QED) is 0.562. The summed E-state index contributed by atoms with van der Waals surface area (Å²) in [6.45, 7) is 2.19. The van der Waals surface area contributed by atoms with Crippen LogP contribution in [0.1, 0.15) is 28.9 Å². The number of hydrogen-bond donors (Lipinski definition) is 1. The first kappa shape index (κ1) is 21.0. The van der Waals surface area contributed by atoms with Crippen LogP contribution in [0, 0.1) is 11.6 Å². The highest BCUT2D eigenvalue weighted by atomic mass is 19.1. The minimum atomic E-state index is -1.44. The largest absolute Gasteiger partial charge is 0.492 e. The first-order valence-corrected chi connectivity index (χ1v) is 9.24. The summed E-state index contributed by atoms with van der Waals surface area (Å²) < 4.78 is 38.7. The normalized spacial score (nSPS) is 11.4. The van der Waals surface area contributed by atoms with Crippen LogP contribution in [0.3, 0.4) is 0 Å². The van der Waals surface area contributed by atoms with Crippen LogP contribution in [-0.4, -0.2) is 18.5 Å². The number of ether oxygens (including phenoxy) is 2. The van der Waals surface area contributed by atoms with Crippen LogP contribution in [0.4, 0.5) is 14.5 Å². The van der Waals surface area contributed by atoms with E-state index in [2.05, 4.69) is 5.32 Å². The number of rotatable bonds is 7. The van der Waals surface area contributed by atoms with Crippen LogP contribution in [0.25, 0.3) is 0 Å². The second-order valence-electron chi connectivity index (χ2n) is 6.21. The van der Waals surface area contributed by atoms with Gasteiger partial charge in [0.25, 0.3) is 5.91 Å². The van der Waals surface area contributed by atoms with Crippen molar-refractivity contribution < 1.29 is 27.8 Å². The molecule has 1 N–H and O–H groups in total. The molecule has 30 heavy (non-hydrogen) atoms. The maximum absolute atomic E-state index is 14.0. The third-order valence-electron chi connectivity index (χ3n) is 4.18. The molecule has 154 valence electrons. The lowest BCUT2D eigenvalue weighted by molar-refractivity contribution is -0.125. The number of benzene rings is 3. The Morgan fingerprint density at radius 2 is 1.53 bits per heavy atom. The molecule has 0 fully saturated rings. The summed E-state index contributed by atoms with van der Waals surface area (Å²) in [6, 6.07) is 17.9. The molecule has 0 aliphatic carbocycles. The molecule has 5 nitrogen and oxygen atoms in total. The summed E-state index contributed by atoms with van der Waals surface area (Å²) >= 11 is 0. The Morgan fingerprint density at radius 1 is 0.900 bits per heavy atom. The first-order valence-electron chi connectivity index (χ1n) is 9.24. The number of carbonyl (C=O) groups is 2. The molecule has 0 spiro atoms. The molecule has 3 rings (SSSR count). The highest BCUT2D eigenvalue weighted by Crippen LogP contribution is 2.27. The van der Waals surface area contributed by atoms with Gasteiger partial charge < -0.3 is 14.8 Å². The van der Waals surface area contributed by atoms with Gasteiger partial charge in [-0.1, -0.05) is 48.5 Å². The summed E-state index contributed by atoms with van der Waals surface area (Å²) in [5, 5.41) is 2.65. The van der Waals surface area contributed by atoms with Gasteiger partial charge in [0.1, 0.15) is 22.9 Å². The average molecular weight is 411 g/mol. The van der Waals surface area contributed by atoms with Gasteiger partial charge in [-0.2, -0.15) is 0 Å². The molecule has 0 aliphatic heterocycles. The predicted octanol–water partition coefficient (Wildman–Crippen LogP) is 4.90. The topological polar surface area (TPSA) is 64.6 Å². The first-order chi connectivity index (χ1) is 14.5. The zero-order chi connectivity index (χ0) is 21.5.